The van der Waals surface area contributed by atoms with Gasteiger partial charge in [0.2, 0.25) is 23.6 Å². The van der Waals surface area contributed by atoms with Crippen LogP contribution >= 0.6 is 0 Å². The molecule has 0 aromatic rings. The first kappa shape index (κ1) is 42.6. The normalized spacial score (nSPS) is 21.7. The van der Waals surface area contributed by atoms with Crippen molar-refractivity contribution < 1.29 is 68.9 Å². The molecule has 2 aliphatic carbocycles. The summed E-state index contributed by atoms with van der Waals surface area (Å²) in [4.78, 5) is 76.2. The van der Waals surface area contributed by atoms with Gasteiger partial charge in [-0.1, -0.05) is 12.2 Å². The van der Waals surface area contributed by atoms with E-state index in [1.807, 2.05) is 0 Å². The molecule has 2 aliphatic rings. The first-order valence-electron chi connectivity index (χ1n) is 15.7. The van der Waals surface area contributed by atoms with Gasteiger partial charge < -0.3 is 72.7 Å². The maximum atomic E-state index is 12.6. The molecule has 0 saturated carbocycles. The van der Waals surface area contributed by atoms with Gasteiger partial charge in [-0.25, -0.2) is 14.6 Å². The van der Waals surface area contributed by atoms with Gasteiger partial charge >= 0.3 is 19.5 Å². The summed E-state index contributed by atoms with van der Waals surface area (Å²) in [5, 5.41) is 68.6. The van der Waals surface area contributed by atoms with Gasteiger partial charge in [0, 0.05) is 43.3 Å². The first-order chi connectivity index (χ1) is 24.0. The van der Waals surface area contributed by atoms with E-state index >= 15 is 0 Å². The van der Waals surface area contributed by atoms with E-state index < -0.39 is 116 Å². The van der Waals surface area contributed by atoms with E-state index in [1.54, 1.807) is 0 Å². The number of aliphatic carboxylic acids is 2. The number of aliphatic hydroxyl groups excluding tert-OH is 4. The first-order valence-corrected chi connectivity index (χ1v) is 15.7. The Balaban J connectivity index is 2.06. The molecule has 51 heavy (non-hydrogen) atoms. The zero-order valence-electron chi connectivity index (χ0n) is 27.9. The Labute approximate surface area is 292 Å². The lowest BCUT2D eigenvalue weighted by atomic mass is 9.88. The maximum absolute atomic E-state index is 12.6. The fraction of sp³-hybridized carbons (Fsp3) is 0.621. The van der Waals surface area contributed by atoms with E-state index in [4.69, 9.17) is 20.9 Å². The second-order valence-electron chi connectivity index (χ2n) is 11.9. The Morgan fingerprint density at radius 1 is 0.843 bits per heavy atom. The monoisotopic (exact) mass is 726 g/mol. The maximum Gasteiger partial charge on any atom is 0.390 e. The van der Waals surface area contributed by atoms with Crippen LogP contribution in [-0.2, 0) is 38.2 Å². The molecule has 0 aliphatic heterocycles. The number of nitrogens with zero attached hydrogens (tertiary/aromatic N) is 1. The van der Waals surface area contributed by atoms with Gasteiger partial charge in [-0.15, -0.1) is 0 Å². The van der Waals surface area contributed by atoms with Gasteiger partial charge in [0.15, 0.2) is 5.96 Å². The molecule has 22 heteroatoms. The fourth-order valence-electron chi connectivity index (χ4n) is 5.85. The number of rotatable bonds is 21. The molecule has 283 valence electrons. The van der Waals surface area contributed by atoms with E-state index in [0.29, 0.717) is 0 Å². The zero-order valence-corrected chi connectivity index (χ0v) is 27.9. The van der Waals surface area contributed by atoms with Crippen LogP contribution in [0.3, 0.4) is 0 Å². The lowest BCUT2D eigenvalue weighted by Gasteiger charge is -2.35. The summed E-state index contributed by atoms with van der Waals surface area (Å²) in [5.41, 5.74) is 11.0. The molecule has 0 unspecified atom stereocenters. The van der Waals surface area contributed by atoms with E-state index in [9.17, 15) is 59.4 Å². The highest BCUT2D eigenvalue weighted by atomic mass is 16.5. The molecular weight excluding hydrogens is 681 g/mol. The zero-order chi connectivity index (χ0) is 38.4. The van der Waals surface area contributed by atoms with Crippen LogP contribution < -0.4 is 32.6 Å². The molecule has 0 saturated heterocycles. The van der Waals surface area contributed by atoms with Crippen molar-refractivity contribution in [3.05, 3.63) is 23.3 Å². The summed E-state index contributed by atoms with van der Waals surface area (Å²) in [6.45, 7) is -0.899. The van der Waals surface area contributed by atoms with E-state index in [-0.39, 0.29) is 36.4 Å². The van der Waals surface area contributed by atoms with Crippen LogP contribution in [0.5, 0.6) is 0 Å². The number of nitrogens with two attached hydrogens (primary N) is 2. The van der Waals surface area contributed by atoms with Crippen LogP contribution in [0.4, 0.5) is 0 Å². The summed E-state index contributed by atoms with van der Waals surface area (Å²) in [6, 6.07) is -3.15. The number of carbonyl (C=O) groups excluding carboxylic acids is 4. The van der Waals surface area contributed by atoms with Crippen molar-refractivity contribution in [3.8, 4) is 0 Å². The number of nitrogens with one attached hydrogen (secondary N) is 4. The number of carboxylic acids is 2. The van der Waals surface area contributed by atoms with Crippen LogP contribution in [0, 0.1) is 11.8 Å². The molecule has 14 N–H and O–H groups in total. The summed E-state index contributed by atoms with van der Waals surface area (Å²) < 4.78 is 11.1. The van der Waals surface area contributed by atoms with Crippen molar-refractivity contribution in [1.82, 2.24) is 21.1 Å². The average molecular weight is 727 g/mol. The Kier molecular flexibility index (Phi) is 16.9. The van der Waals surface area contributed by atoms with Crippen molar-refractivity contribution in [1.29, 1.82) is 0 Å². The van der Waals surface area contributed by atoms with Crippen LogP contribution in [-0.4, -0.2) is 149 Å². The lowest BCUT2D eigenvalue weighted by molar-refractivity contribution is -0.135. The highest BCUT2D eigenvalue weighted by Crippen LogP contribution is 2.33. The minimum absolute atomic E-state index is 0.0832. The predicted molar refractivity (Wildman–Crippen MR) is 175 cm³/mol. The van der Waals surface area contributed by atoms with Crippen molar-refractivity contribution in [2.75, 3.05) is 26.4 Å². The SMILES string of the molecule is CC(=O)N[C@H]([C@@H](OCC(=O)N[B]NC(=O)CO[C@H]([C@@H](NC(C)=O)[C@@H]1C=C(C(=O)O)C[C@H]1N=C(N)N)[C@@H](O)CO)[C@@H](O)CO)[C@@H]1C=C(C(=O)O)CC1. The summed E-state index contributed by atoms with van der Waals surface area (Å²) >= 11 is 0. The van der Waals surface area contributed by atoms with Crippen LogP contribution in [0.1, 0.15) is 33.1 Å². The molecule has 0 heterocycles. The molecular formula is C29H45BN7O14. The highest BCUT2D eigenvalue weighted by molar-refractivity contribution is 6.38. The van der Waals surface area contributed by atoms with Crippen molar-refractivity contribution in [3.63, 3.8) is 0 Å². The fourth-order valence-corrected chi connectivity index (χ4v) is 5.85. The molecule has 0 aromatic carbocycles. The number of aliphatic imine (C=N–C) groups is 1. The smallest absolute Gasteiger partial charge is 0.390 e. The summed E-state index contributed by atoms with van der Waals surface area (Å²) in [6.07, 6.45) is -3.06. The highest BCUT2D eigenvalue weighted by Gasteiger charge is 2.43. The van der Waals surface area contributed by atoms with Gasteiger partial charge in [-0.2, -0.15) is 0 Å². The van der Waals surface area contributed by atoms with Crippen LogP contribution in [0.25, 0.3) is 0 Å². The van der Waals surface area contributed by atoms with Gasteiger partial charge in [0.05, 0.1) is 31.3 Å². The molecule has 0 fully saturated rings. The number of hydrogen-bond acceptors (Lipinski definition) is 13. The third kappa shape index (κ3) is 13.2. The molecule has 2 rings (SSSR count). The van der Waals surface area contributed by atoms with E-state index in [2.05, 4.69) is 26.1 Å². The minimum Gasteiger partial charge on any atom is -0.478 e. The number of aliphatic hydroxyl groups is 4. The number of carbonyl (C=O) groups is 6. The molecule has 0 bridgehead atoms. The minimum atomic E-state index is -1.68. The lowest BCUT2D eigenvalue weighted by Crippen LogP contribution is -2.56. The van der Waals surface area contributed by atoms with Crippen LogP contribution in [0.2, 0.25) is 0 Å². The van der Waals surface area contributed by atoms with E-state index in [0.717, 1.165) is 14.5 Å². The molecule has 4 amide bonds. The second-order valence-corrected chi connectivity index (χ2v) is 11.9. The Hall–Kier alpha value is -4.61. The third-order valence-electron chi connectivity index (χ3n) is 8.03. The Morgan fingerprint density at radius 3 is 1.76 bits per heavy atom. The molecule has 1 radical (unpaired) electrons. The summed E-state index contributed by atoms with van der Waals surface area (Å²) in [7, 11) is 0.815. The quantitative estimate of drug-likeness (QED) is 0.0298. The number of carboxylic acid groups (broad SMARTS) is 2. The Bertz CT molecular complexity index is 1370. The van der Waals surface area contributed by atoms with Crippen molar-refractivity contribution >= 4 is 49.1 Å². The van der Waals surface area contributed by atoms with Crippen molar-refractivity contribution in [2.24, 2.45) is 28.3 Å². The molecule has 21 nitrogen and oxygen atoms in total. The van der Waals surface area contributed by atoms with Gasteiger partial charge in [0.1, 0.15) is 37.6 Å². The molecule has 0 aromatic heterocycles. The second kappa shape index (κ2) is 20.3. The van der Waals surface area contributed by atoms with E-state index in [1.165, 1.54) is 19.1 Å². The predicted octanol–water partition coefficient (Wildman–Crippen LogP) is -5.67. The molecule has 9 atom stereocenters. The van der Waals surface area contributed by atoms with Gasteiger partial charge in [0.25, 0.3) is 0 Å². The van der Waals surface area contributed by atoms with Crippen LogP contribution in [0.15, 0.2) is 28.3 Å². The van der Waals surface area contributed by atoms with Gasteiger partial charge in [-0.05, 0) is 12.8 Å². The Morgan fingerprint density at radius 2 is 1.33 bits per heavy atom. The number of ether oxygens (including phenoxy) is 2. The molecule has 0 spiro atoms. The van der Waals surface area contributed by atoms with Gasteiger partial charge in [-0.3, -0.25) is 19.2 Å². The topological polar surface area (TPSA) is 355 Å². The average Bonchev–Trinajstić information content (AvgIpc) is 3.71. The number of hydrogen-bond donors (Lipinski definition) is 12. The summed E-state index contributed by atoms with van der Waals surface area (Å²) in [5.74, 6) is -7.24. The number of amides is 4. The largest absolute Gasteiger partial charge is 0.478 e. The third-order valence-corrected chi connectivity index (χ3v) is 8.03. The standard InChI is InChI=1S/C29H45BN7O14/c1-12(40)33-23(14-3-4-15(5-14)27(46)47)25(19(42)8-38)50-10-21(44)36-30-37-22(45)11-51-26(20(43)9-39)24(34-13(2)41)17-6-16(28(48)49)7-18(17)35-29(31)32/h5-6,14,17-20,23-26,38-39,42-43H,3-4,7-11H2,1-2H3,(H,33,40)(H,34,41)(H,36,44)(H,37,45)(H,46,47)(H,48,49)(H4,31,32,35)/t14-,17+,18+,19-,20-,23-,24-,25-,26-/m0/s1. The van der Waals surface area contributed by atoms with Crippen molar-refractivity contribution in [2.45, 2.75) is 75.7 Å². The number of guanidine groups is 1.